The van der Waals surface area contributed by atoms with Crippen LogP contribution in [0.5, 0.6) is 0 Å². The smallest absolute Gasteiger partial charge is 0.244 e. The summed E-state index contributed by atoms with van der Waals surface area (Å²) >= 11 is 3.09. The summed E-state index contributed by atoms with van der Waals surface area (Å²) in [5, 5.41) is 2.74. The monoisotopic (exact) mass is 446 g/mol. The lowest BCUT2D eigenvalue weighted by atomic mass is 10.2. The first-order valence-electron chi connectivity index (χ1n) is 8.57. The number of rotatable bonds is 12. The lowest BCUT2D eigenvalue weighted by Crippen LogP contribution is -2.47. The van der Waals surface area contributed by atoms with Crippen LogP contribution in [0.2, 0.25) is 0 Å². The highest BCUT2D eigenvalue weighted by Gasteiger charge is 2.27. The zero-order valence-corrected chi connectivity index (χ0v) is 17.8. The third-order valence-corrected chi connectivity index (χ3v) is 6.85. The quantitative estimate of drug-likeness (QED) is 0.488. The third kappa shape index (κ3) is 7.16. The van der Waals surface area contributed by atoms with E-state index < -0.39 is 32.7 Å². The number of carbonyl (C=O) groups is 1. The van der Waals surface area contributed by atoms with Gasteiger partial charge in [0.2, 0.25) is 15.9 Å². The maximum absolute atomic E-state index is 13.9. The molecule has 10 heteroatoms. The first-order valence-corrected chi connectivity index (χ1v) is 12.6. The van der Waals surface area contributed by atoms with Crippen LogP contribution in [0.1, 0.15) is 12.2 Å². The van der Waals surface area contributed by atoms with Crippen LogP contribution >= 0.6 is 23.5 Å². The van der Waals surface area contributed by atoms with E-state index in [0.29, 0.717) is 30.2 Å². The zero-order chi connectivity index (χ0) is 20.4. The summed E-state index contributed by atoms with van der Waals surface area (Å²) < 4.78 is 46.4. The van der Waals surface area contributed by atoms with E-state index in [-0.39, 0.29) is 0 Å². The molecular weight excluding hydrogens is 423 g/mol. The Morgan fingerprint density at radius 3 is 2.68 bits per heavy atom. The molecule has 6 nitrogen and oxygen atoms in total. The molecule has 1 atom stereocenters. The van der Waals surface area contributed by atoms with E-state index in [1.807, 2.05) is 18.4 Å². The van der Waals surface area contributed by atoms with Crippen molar-refractivity contribution in [1.29, 1.82) is 0 Å². The van der Waals surface area contributed by atoms with Crippen LogP contribution in [0.3, 0.4) is 0 Å². The van der Waals surface area contributed by atoms with Gasteiger partial charge < -0.3 is 9.73 Å². The van der Waals surface area contributed by atoms with Crippen molar-refractivity contribution in [2.75, 3.05) is 24.3 Å². The van der Waals surface area contributed by atoms with Gasteiger partial charge in [0, 0.05) is 12.3 Å². The molecule has 2 rings (SSSR count). The summed E-state index contributed by atoms with van der Waals surface area (Å²) in [5.41, 5.74) is 0. The number of amides is 1. The van der Waals surface area contributed by atoms with Crippen molar-refractivity contribution < 1.29 is 22.0 Å². The van der Waals surface area contributed by atoms with E-state index in [2.05, 4.69) is 10.0 Å². The van der Waals surface area contributed by atoms with E-state index in [0.717, 1.165) is 11.8 Å². The summed E-state index contributed by atoms with van der Waals surface area (Å²) in [6.45, 7) is 0.390. The first-order chi connectivity index (χ1) is 13.4. The van der Waals surface area contributed by atoms with Crippen molar-refractivity contribution in [2.45, 2.75) is 23.1 Å². The minimum absolute atomic E-state index is 0.306. The largest absolute Gasteiger partial charge is 0.468 e. The van der Waals surface area contributed by atoms with Gasteiger partial charge in [-0.15, -0.1) is 0 Å². The van der Waals surface area contributed by atoms with E-state index >= 15 is 0 Å². The van der Waals surface area contributed by atoms with Crippen LogP contribution in [0.25, 0.3) is 0 Å². The van der Waals surface area contributed by atoms with Crippen LogP contribution < -0.4 is 10.0 Å². The van der Waals surface area contributed by atoms with Gasteiger partial charge >= 0.3 is 0 Å². The highest BCUT2D eigenvalue weighted by Crippen LogP contribution is 2.15. The summed E-state index contributed by atoms with van der Waals surface area (Å²) in [7, 11) is -4.14. The molecule has 0 radical (unpaired) electrons. The Kier molecular flexibility index (Phi) is 9.36. The van der Waals surface area contributed by atoms with Gasteiger partial charge in [-0.2, -0.15) is 28.2 Å². The SMILES string of the molecule is CSCC[C@@H](NS(=O)(=O)c1ccccc1F)C(=O)NCCSCc1ccco1. The minimum atomic E-state index is -4.14. The number of nitrogens with one attached hydrogen (secondary N) is 2. The number of carbonyl (C=O) groups excluding carboxylic acids is 1. The summed E-state index contributed by atoms with van der Waals surface area (Å²) in [6, 6.07) is 7.82. The number of sulfonamides is 1. The molecule has 28 heavy (non-hydrogen) atoms. The molecule has 2 aromatic rings. The van der Waals surface area contributed by atoms with Crippen molar-refractivity contribution in [3.63, 3.8) is 0 Å². The molecule has 0 bridgehead atoms. The number of thioether (sulfide) groups is 2. The lowest BCUT2D eigenvalue weighted by Gasteiger charge is -2.18. The van der Waals surface area contributed by atoms with Gasteiger partial charge in [0.1, 0.15) is 22.5 Å². The molecular formula is C18H23FN2O4S3. The Morgan fingerprint density at radius 1 is 1.21 bits per heavy atom. The molecule has 0 aliphatic heterocycles. The molecule has 0 saturated carbocycles. The number of hydrogen-bond acceptors (Lipinski definition) is 6. The lowest BCUT2D eigenvalue weighted by molar-refractivity contribution is -0.122. The molecule has 2 N–H and O–H groups in total. The fourth-order valence-corrected chi connectivity index (χ4v) is 4.87. The Bertz CT molecular complexity index is 844. The topological polar surface area (TPSA) is 88.4 Å². The second-order valence-electron chi connectivity index (χ2n) is 5.81. The molecule has 1 heterocycles. The van der Waals surface area contributed by atoms with E-state index in [9.17, 15) is 17.6 Å². The maximum atomic E-state index is 13.9. The fraction of sp³-hybridized carbons (Fsp3) is 0.389. The number of hydrogen-bond donors (Lipinski definition) is 2. The van der Waals surface area contributed by atoms with Crippen molar-refractivity contribution >= 4 is 39.5 Å². The second kappa shape index (κ2) is 11.5. The molecule has 1 aromatic heterocycles. The first kappa shape index (κ1) is 22.8. The van der Waals surface area contributed by atoms with Crippen molar-refractivity contribution in [2.24, 2.45) is 0 Å². The second-order valence-corrected chi connectivity index (χ2v) is 9.58. The fourth-order valence-electron chi connectivity index (χ4n) is 2.33. The molecule has 0 aliphatic carbocycles. The number of benzene rings is 1. The van der Waals surface area contributed by atoms with Crippen molar-refractivity contribution in [3.8, 4) is 0 Å². The van der Waals surface area contributed by atoms with Gasteiger partial charge in [-0.25, -0.2) is 12.8 Å². The highest BCUT2D eigenvalue weighted by molar-refractivity contribution is 7.98. The molecule has 0 saturated heterocycles. The van der Waals surface area contributed by atoms with Gasteiger partial charge in [0.15, 0.2) is 0 Å². The third-order valence-electron chi connectivity index (χ3n) is 3.72. The zero-order valence-electron chi connectivity index (χ0n) is 15.4. The van der Waals surface area contributed by atoms with Crippen LogP contribution in [0.15, 0.2) is 52.0 Å². The Balaban J connectivity index is 1.90. The summed E-state index contributed by atoms with van der Waals surface area (Å²) in [4.78, 5) is 12.0. The Labute approximate surface area is 173 Å². The molecule has 0 fully saturated rings. The predicted octanol–water partition coefficient (Wildman–Crippen LogP) is 2.87. The average Bonchev–Trinajstić information content (AvgIpc) is 3.18. The van der Waals surface area contributed by atoms with Gasteiger partial charge in [0.05, 0.1) is 12.0 Å². The number of furan rings is 1. The van der Waals surface area contributed by atoms with Gasteiger partial charge in [0.25, 0.3) is 0 Å². The molecule has 0 spiro atoms. The Morgan fingerprint density at radius 2 is 2.00 bits per heavy atom. The molecule has 0 aliphatic rings. The summed E-state index contributed by atoms with van der Waals surface area (Å²) in [6.07, 6.45) is 3.78. The van der Waals surface area contributed by atoms with E-state index in [1.165, 1.54) is 30.0 Å². The van der Waals surface area contributed by atoms with Crippen LogP contribution in [-0.2, 0) is 20.6 Å². The Hall–Kier alpha value is -1.49. The van der Waals surface area contributed by atoms with Crippen LogP contribution in [0.4, 0.5) is 4.39 Å². The van der Waals surface area contributed by atoms with Crippen molar-refractivity contribution in [3.05, 3.63) is 54.2 Å². The van der Waals surface area contributed by atoms with Gasteiger partial charge in [-0.05, 0) is 42.7 Å². The maximum Gasteiger partial charge on any atom is 0.244 e. The van der Waals surface area contributed by atoms with Gasteiger partial charge in [-0.1, -0.05) is 12.1 Å². The van der Waals surface area contributed by atoms with Crippen molar-refractivity contribution in [1.82, 2.24) is 10.0 Å². The molecule has 1 aromatic carbocycles. The normalized spacial score (nSPS) is 12.6. The molecule has 154 valence electrons. The highest BCUT2D eigenvalue weighted by atomic mass is 32.2. The van der Waals surface area contributed by atoms with Crippen LogP contribution in [0, 0.1) is 5.82 Å². The average molecular weight is 447 g/mol. The van der Waals surface area contributed by atoms with Gasteiger partial charge in [-0.3, -0.25) is 4.79 Å². The van der Waals surface area contributed by atoms with Crippen LogP contribution in [-0.4, -0.2) is 44.7 Å². The van der Waals surface area contributed by atoms with E-state index in [4.69, 9.17) is 4.42 Å². The molecule has 0 unspecified atom stereocenters. The predicted molar refractivity (Wildman–Crippen MR) is 111 cm³/mol. The summed E-state index contributed by atoms with van der Waals surface area (Å²) in [5.74, 6) is 1.51. The standard InChI is InChI=1S/C18H23FN2O4S3/c1-26-11-8-16(21-28(23,24)17-7-3-2-6-15(17)19)18(22)20-9-12-27-13-14-5-4-10-25-14/h2-7,10,16,21H,8-9,11-13H2,1H3,(H,20,22)/t16-/m1/s1. The molecule has 1 amide bonds. The van der Waals surface area contributed by atoms with E-state index in [1.54, 1.807) is 18.0 Å². The number of halogens is 1. The minimum Gasteiger partial charge on any atom is -0.468 e.